The van der Waals surface area contributed by atoms with Crippen LogP contribution in [0.5, 0.6) is 5.75 Å². The molecule has 0 atom stereocenters. The molecule has 2 heterocycles. The molecular weight excluding hydrogens is 240 g/mol. The smallest absolute Gasteiger partial charge is 0.295 e. The van der Waals surface area contributed by atoms with Gasteiger partial charge in [0.1, 0.15) is 5.01 Å². The Kier molecular flexibility index (Phi) is 3.38. The van der Waals surface area contributed by atoms with Gasteiger partial charge in [-0.2, -0.15) is 0 Å². The molecule has 0 radical (unpaired) electrons. The highest BCUT2D eigenvalue weighted by Gasteiger charge is 2.08. The normalized spacial score (nSPS) is 10.2. The van der Waals surface area contributed by atoms with Crippen molar-refractivity contribution in [3.05, 3.63) is 32.8 Å². The molecule has 2 aromatic rings. The highest BCUT2D eigenvalue weighted by Crippen LogP contribution is 2.17. The molecule has 7 heteroatoms. The summed E-state index contributed by atoms with van der Waals surface area (Å²) >= 11 is 1.60. The van der Waals surface area contributed by atoms with Crippen LogP contribution in [0.1, 0.15) is 9.88 Å². The van der Waals surface area contributed by atoms with Gasteiger partial charge in [-0.15, -0.1) is 11.3 Å². The zero-order valence-corrected chi connectivity index (χ0v) is 10.3. The first-order chi connectivity index (χ1) is 8.20. The van der Waals surface area contributed by atoms with Gasteiger partial charge in [-0.1, -0.05) is 0 Å². The summed E-state index contributed by atoms with van der Waals surface area (Å²) in [5, 5.41) is 3.96. The number of aromatic nitrogens is 3. The fourth-order valence-corrected chi connectivity index (χ4v) is 2.07. The molecule has 0 amide bonds. The number of rotatable bonds is 4. The molecular formula is C10H12N4O2S. The molecule has 6 nitrogen and oxygen atoms in total. The standard InChI is InChI=1S/C10H12N4O2S/c1-6-3-11-7(17-6)4-12-9-8(16-2)10(15)14-5-13-9/h3,5H,4H2,1-2H3,(H2,12,13,14,15). The van der Waals surface area contributed by atoms with Crippen LogP contribution in [0.15, 0.2) is 17.3 Å². The maximum atomic E-state index is 11.4. The molecule has 0 aliphatic rings. The number of methoxy groups -OCH3 is 1. The van der Waals surface area contributed by atoms with Crippen molar-refractivity contribution in [1.29, 1.82) is 0 Å². The molecule has 0 unspecified atom stereocenters. The van der Waals surface area contributed by atoms with Crippen LogP contribution in [0, 0.1) is 6.92 Å². The average molecular weight is 252 g/mol. The van der Waals surface area contributed by atoms with Crippen molar-refractivity contribution in [2.24, 2.45) is 0 Å². The molecule has 0 aromatic carbocycles. The van der Waals surface area contributed by atoms with E-state index in [0.29, 0.717) is 12.4 Å². The van der Waals surface area contributed by atoms with E-state index in [1.54, 1.807) is 11.3 Å². The Hall–Kier alpha value is -1.89. The number of H-pyrrole nitrogens is 1. The van der Waals surface area contributed by atoms with E-state index in [-0.39, 0.29) is 11.3 Å². The summed E-state index contributed by atoms with van der Waals surface area (Å²) in [5.41, 5.74) is -0.305. The molecule has 0 saturated carbocycles. The number of nitrogens with one attached hydrogen (secondary N) is 2. The molecule has 2 rings (SSSR count). The molecule has 0 saturated heterocycles. The predicted octanol–water partition coefficient (Wildman–Crippen LogP) is 1.16. The number of aryl methyl sites for hydroxylation is 1. The van der Waals surface area contributed by atoms with Crippen LogP contribution in [-0.4, -0.2) is 22.1 Å². The van der Waals surface area contributed by atoms with Crippen LogP contribution in [0.25, 0.3) is 0 Å². The first-order valence-electron chi connectivity index (χ1n) is 4.97. The van der Waals surface area contributed by atoms with Crippen LogP contribution in [0.4, 0.5) is 5.82 Å². The van der Waals surface area contributed by atoms with Gasteiger partial charge >= 0.3 is 0 Å². The maximum Gasteiger partial charge on any atom is 0.295 e. The van der Waals surface area contributed by atoms with Crippen molar-refractivity contribution in [2.75, 3.05) is 12.4 Å². The minimum Gasteiger partial charge on any atom is -0.489 e. The van der Waals surface area contributed by atoms with Crippen molar-refractivity contribution in [2.45, 2.75) is 13.5 Å². The molecule has 2 aromatic heterocycles. The zero-order chi connectivity index (χ0) is 12.3. The van der Waals surface area contributed by atoms with E-state index in [0.717, 1.165) is 9.88 Å². The van der Waals surface area contributed by atoms with E-state index in [2.05, 4.69) is 20.3 Å². The summed E-state index contributed by atoms with van der Waals surface area (Å²) in [6, 6.07) is 0. The van der Waals surface area contributed by atoms with Gasteiger partial charge in [-0.3, -0.25) is 4.79 Å². The van der Waals surface area contributed by atoms with E-state index in [1.807, 2.05) is 13.1 Å². The fraction of sp³-hybridized carbons (Fsp3) is 0.300. The molecule has 2 N–H and O–H groups in total. The van der Waals surface area contributed by atoms with Gasteiger partial charge in [0, 0.05) is 11.1 Å². The Morgan fingerprint density at radius 1 is 1.53 bits per heavy atom. The van der Waals surface area contributed by atoms with Gasteiger partial charge in [0.2, 0.25) is 5.75 Å². The first kappa shape index (κ1) is 11.6. The molecule has 90 valence electrons. The average Bonchev–Trinajstić information content (AvgIpc) is 2.72. The van der Waals surface area contributed by atoms with Crippen molar-refractivity contribution in [1.82, 2.24) is 15.0 Å². The van der Waals surface area contributed by atoms with Gasteiger partial charge < -0.3 is 15.0 Å². The Balaban J connectivity index is 2.14. The van der Waals surface area contributed by atoms with Crippen LogP contribution < -0.4 is 15.6 Å². The highest BCUT2D eigenvalue weighted by atomic mass is 32.1. The van der Waals surface area contributed by atoms with E-state index in [4.69, 9.17) is 4.74 Å². The number of hydrogen-bond donors (Lipinski definition) is 2. The minimum atomic E-state index is -0.305. The lowest BCUT2D eigenvalue weighted by atomic mass is 10.5. The third kappa shape index (κ3) is 2.62. The zero-order valence-electron chi connectivity index (χ0n) is 9.48. The van der Waals surface area contributed by atoms with Gasteiger partial charge in [-0.25, -0.2) is 9.97 Å². The van der Waals surface area contributed by atoms with Gasteiger partial charge in [0.15, 0.2) is 5.82 Å². The van der Waals surface area contributed by atoms with Crippen LogP contribution in [-0.2, 0) is 6.54 Å². The summed E-state index contributed by atoms with van der Waals surface area (Å²) < 4.78 is 4.98. The van der Waals surface area contributed by atoms with Gasteiger partial charge in [0.05, 0.1) is 20.0 Å². The minimum absolute atomic E-state index is 0.181. The summed E-state index contributed by atoms with van der Waals surface area (Å²) in [6.45, 7) is 2.51. The molecule has 0 spiro atoms. The Bertz CT molecular complexity index is 563. The quantitative estimate of drug-likeness (QED) is 0.853. The highest BCUT2D eigenvalue weighted by molar-refractivity contribution is 7.11. The largest absolute Gasteiger partial charge is 0.489 e. The SMILES string of the molecule is COc1c(NCc2ncc(C)s2)nc[nH]c1=O. The third-order valence-corrected chi connectivity index (χ3v) is 3.00. The molecule has 17 heavy (non-hydrogen) atoms. The lowest BCUT2D eigenvalue weighted by molar-refractivity contribution is 0.408. The Labute approximate surface area is 102 Å². The lowest BCUT2D eigenvalue weighted by Gasteiger charge is -2.06. The molecule has 0 aliphatic heterocycles. The summed E-state index contributed by atoms with van der Waals surface area (Å²) in [4.78, 5) is 23.2. The van der Waals surface area contributed by atoms with Crippen molar-refractivity contribution in [3.8, 4) is 5.75 Å². The van der Waals surface area contributed by atoms with Crippen molar-refractivity contribution in [3.63, 3.8) is 0 Å². The first-order valence-corrected chi connectivity index (χ1v) is 5.79. The topological polar surface area (TPSA) is 79.9 Å². The third-order valence-electron chi connectivity index (χ3n) is 2.09. The number of hydrogen-bond acceptors (Lipinski definition) is 6. The number of thiazole rings is 1. The molecule has 0 bridgehead atoms. The van der Waals surface area contributed by atoms with Crippen LogP contribution >= 0.6 is 11.3 Å². The molecule has 0 fully saturated rings. The summed E-state index contributed by atoms with van der Waals surface area (Å²) in [7, 11) is 1.44. The van der Waals surface area contributed by atoms with E-state index < -0.39 is 0 Å². The summed E-state index contributed by atoms with van der Waals surface area (Å²) in [5.74, 6) is 0.602. The maximum absolute atomic E-state index is 11.4. The number of ether oxygens (including phenoxy) is 1. The Morgan fingerprint density at radius 3 is 3.00 bits per heavy atom. The van der Waals surface area contributed by atoms with E-state index >= 15 is 0 Å². The van der Waals surface area contributed by atoms with Crippen LogP contribution in [0.2, 0.25) is 0 Å². The predicted molar refractivity (Wildman–Crippen MR) is 65.6 cm³/mol. The van der Waals surface area contributed by atoms with Crippen molar-refractivity contribution >= 4 is 17.2 Å². The van der Waals surface area contributed by atoms with Gasteiger partial charge in [-0.05, 0) is 6.92 Å². The van der Waals surface area contributed by atoms with Gasteiger partial charge in [0.25, 0.3) is 5.56 Å². The van der Waals surface area contributed by atoms with E-state index in [1.165, 1.54) is 13.4 Å². The fourth-order valence-electron chi connectivity index (χ4n) is 1.34. The Morgan fingerprint density at radius 2 is 2.35 bits per heavy atom. The summed E-state index contributed by atoms with van der Waals surface area (Å²) in [6.07, 6.45) is 3.14. The second-order valence-corrected chi connectivity index (χ2v) is 4.65. The number of anilines is 1. The van der Waals surface area contributed by atoms with Crippen LogP contribution in [0.3, 0.4) is 0 Å². The number of nitrogens with zero attached hydrogens (tertiary/aromatic N) is 2. The molecule has 0 aliphatic carbocycles. The lowest BCUT2D eigenvalue weighted by Crippen LogP contribution is -2.13. The van der Waals surface area contributed by atoms with Crippen molar-refractivity contribution < 1.29 is 4.74 Å². The number of aromatic amines is 1. The second-order valence-electron chi connectivity index (χ2n) is 3.33. The monoisotopic (exact) mass is 252 g/mol. The second kappa shape index (κ2) is 4.96. The van der Waals surface area contributed by atoms with E-state index in [9.17, 15) is 4.79 Å².